The lowest BCUT2D eigenvalue weighted by Crippen LogP contribution is -2.39. The Morgan fingerprint density at radius 1 is 1.32 bits per heavy atom. The van der Waals surface area contributed by atoms with Crippen molar-refractivity contribution in [1.82, 2.24) is 4.90 Å². The number of sulfone groups is 1. The van der Waals surface area contributed by atoms with Crippen molar-refractivity contribution >= 4 is 27.3 Å². The van der Waals surface area contributed by atoms with Crippen LogP contribution in [-0.4, -0.2) is 49.7 Å². The Balaban J connectivity index is 1.88. The fourth-order valence-electron chi connectivity index (χ4n) is 2.28. The quantitative estimate of drug-likeness (QED) is 0.829. The van der Waals surface area contributed by atoms with Gasteiger partial charge in [0.15, 0.2) is 9.84 Å². The van der Waals surface area contributed by atoms with Crippen molar-refractivity contribution in [2.45, 2.75) is 18.9 Å². The molecule has 1 heterocycles. The van der Waals surface area contributed by atoms with E-state index in [0.29, 0.717) is 12.1 Å². The number of hydrogen-bond acceptors (Lipinski definition) is 4. The molecule has 0 bridgehead atoms. The van der Waals surface area contributed by atoms with Gasteiger partial charge in [0.05, 0.1) is 11.5 Å². The number of rotatable bonds is 4. The average Bonchev–Trinajstić information content (AvgIpc) is 2.80. The number of hydrogen-bond donors (Lipinski definition) is 1. The molecule has 0 spiro atoms. The zero-order valence-electron chi connectivity index (χ0n) is 12.1. The normalized spacial score (nSPS) is 19.6. The largest absolute Gasteiger partial charge is 0.341 e. The van der Waals surface area contributed by atoms with Gasteiger partial charge in [-0.15, -0.1) is 0 Å². The summed E-state index contributed by atoms with van der Waals surface area (Å²) in [6.45, 7) is 0. The first-order valence-corrected chi connectivity index (χ1v) is 8.60. The van der Waals surface area contributed by atoms with E-state index in [9.17, 15) is 22.4 Å². The summed E-state index contributed by atoms with van der Waals surface area (Å²) in [5.74, 6) is -1.38. The van der Waals surface area contributed by atoms with Crippen molar-refractivity contribution in [3.63, 3.8) is 0 Å². The van der Waals surface area contributed by atoms with E-state index in [0.717, 1.165) is 0 Å². The third-order valence-electron chi connectivity index (χ3n) is 3.59. The van der Waals surface area contributed by atoms with E-state index in [-0.39, 0.29) is 24.0 Å². The molecule has 1 aromatic rings. The molecule has 0 radical (unpaired) electrons. The van der Waals surface area contributed by atoms with Crippen LogP contribution in [0.25, 0.3) is 0 Å². The van der Waals surface area contributed by atoms with Gasteiger partial charge >= 0.3 is 0 Å². The molecule has 1 unspecified atom stereocenters. The number of benzene rings is 1. The second-order valence-corrected chi connectivity index (χ2v) is 7.52. The van der Waals surface area contributed by atoms with Crippen molar-refractivity contribution in [3.05, 3.63) is 30.1 Å². The number of carbonyl (C=O) groups is 2. The molecule has 8 heteroatoms. The molecule has 0 aromatic heterocycles. The molecule has 1 fully saturated rings. The van der Waals surface area contributed by atoms with Crippen LogP contribution in [0.2, 0.25) is 0 Å². The van der Waals surface area contributed by atoms with Crippen LogP contribution >= 0.6 is 0 Å². The smallest absolute Gasteiger partial charge is 0.233 e. The summed E-state index contributed by atoms with van der Waals surface area (Å²) in [5.41, 5.74) is 0.394. The molecule has 0 aliphatic carbocycles. The molecule has 1 N–H and O–H groups in total. The summed E-state index contributed by atoms with van der Waals surface area (Å²) in [5, 5.41) is 2.49. The number of nitrogens with one attached hydrogen (secondary N) is 1. The first-order chi connectivity index (χ1) is 10.3. The van der Waals surface area contributed by atoms with Gasteiger partial charge in [0.1, 0.15) is 12.2 Å². The van der Waals surface area contributed by atoms with Crippen LogP contribution in [0.1, 0.15) is 12.8 Å². The van der Waals surface area contributed by atoms with Crippen molar-refractivity contribution < 1.29 is 22.4 Å². The average molecular weight is 328 g/mol. The van der Waals surface area contributed by atoms with E-state index in [1.807, 2.05) is 0 Å². The molecule has 1 saturated heterocycles. The predicted molar refractivity (Wildman–Crippen MR) is 79.5 cm³/mol. The lowest BCUT2D eigenvalue weighted by molar-refractivity contribution is -0.134. The monoisotopic (exact) mass is 328 g/mol. The van der Waals surface area contributed by atoms with E-state index in [4.69, 9.17) is 0 Å². The molecular formula is C14H17FN2O4S. The minimum absolute atomic E-state index is 0.0607. The Labute approximate surface area is 128 Å². The Bertz CT molecular complexity index is 673. The predicted octanol–water partition coefficient (Wildman–Crippen LogP) is 0.800. The maximum atomic E-state index is 12.8. The lowest BCUT2D eigenvalue weighted by atomic mass is 10.2. The third-order valence-corrected chi connectivity index (χ3v) is 5.34. The molecule has 2 rings (SSSR count). The highest BCUT2D eigenvalue weighted by Gasteiger charge is 2.33. The summed E-state index contributed by atoms with van der Waals surface area (Å²) in [6, 6.07) is 4.81. The SMILES string of the molecule is CN(C(=O)CC(=O)Nc1ccc(F)cc1)C1CCS(=O)(=O)C1. The topological polar surface area (TPSA) is 83.6 Å². The fraction of sp³-hybridized carbons (Fsp3) is 0.429. The zero-order chi connectivity index (χ0) is 16.3. The maximum absolute atomic E-state index is 12.8. The molecule has 2 amide bonds. The van der Waals surface area contributed by atoms with Gasteiger partial charge in [0.25, 0.3) is 0 Å². The van der Waals surface area contributed by atoms with Crippen molar-refractivity contribution in [2.75, 3.05) is 23.9 Å². The first kappa shape index (κ1) is 16.4. The van der Waals surface area contributed by atoms with E-state index < -0.39 is 27.5 Å². The molecule has 0 saturated carbocycles. The van der Waals surface area contributed by atoms with Gasteiger partial charge in [-0.3, -0.25) is 9.59 Å². The molecule has 120 valence electrons. The van der Waals surface area contributed by atoms with Crippen molar-refractivity contribution in [1.29, 1.82) is 0 Å². The van der Waals surface area contributed by atoms with Gasteiger partial charge in [-0.2, -0.15) is 0 Å². The summed E-state index contributed by atoms with van der Waals surface area (Å²) in [7, 11) is -1.59. The van der Waals surface area contributed by atoms with Crippen LogP contribution in [-0.2, 0) is 19.4 Å². The summed E-state index contributed by atoms with van der Waals surface area (Å²) < 4.78 is 35.6. The fourth-order valence-corrected chi connectivity index (χ4v) is 4.06. The van der Waals surface area contributed by atoms with Crippen LogP contribution in [0.4, 0.5) is 10.1 Å². The minimum atomic E-state index is -3.09. The highest BCUT2D eigenvalue weighted by atomic mass is 32.2. The second kappa shape index (κ2) is 6.43. The Morgan fingerprint density at radius 2 is 1.95 bits per heavy atom. The first-order valence-electron chi connectivity index (χ1n) is 6.78. The Kier molecular flexibility index (Phi) is 4.80. The van der Waals surface area contributed by atoms with E-state index in [2.05, 4.69) is 5.32 Å². The second-order valence-electron chi connectivity index (χ2n) is 5.29. The number of anilines is 1. The van der Waals surface area contributed by atoms with Gasteiger partial charge in [-0.25, -0.2) is 12.8 Å². The van der Waals surface area contributed by atoms with Crippen molar-refractivity contribution in [3.8, 4) is 0 Å². The van der Waals surface area contributed by atoms with Crippen LogP contribution in [0.5, 0.6) is 0 Å². The van der Waals surface area contributed by atoms with E-state index in [1.54, 1.807) is 0 Å². The van der Waals surface area contributed by atoms with Gasteiger partial charge < -0.3 is 10.2 Å². The maximum Gasteiger partial charge on any atom is 0.233 e. The van der Waals surface area contributed by atoms with Crippen molar-refractivity contribution in [2.24, 2.45) is 0 Å². The van der Waals surface area contributed by atoms with Crippen LogP contribution in [0.3, 0.4) is 0 Å². The molecule has 6 nitrogen and oxygen atoms in total. The van der Waals surface area contributed by atoms with Crippen LogP contribution < -0.4 is 5.32 Å². The number of halogens is 1. The van der Waals surface area contributed by atoms with Gasteiger partial charge in [0.2, 0.25) is 11.8 Å². The summed E-state index contributed by atoms with van der Waals surface area (Å²) >= 11 is 0. The molecule has 1 aliphatic heterocycles. The Hall–Kier alpha value is -1.96. The minimum Gasteiger partial charge on any atom is -0.341 e. The van der Waals surface area contributed by atoms with Gasteiger partial charge in [-0.1, -0.05) is 0 Å². The zero-order valence-corrected chi connectivity index (χ0v) is 12.9. The number of nitrogens with zero attached hydrogens (tertiary/aromatic N) is 1. The van der Waals surface area contributed by atoms with Gasteiger partial charge in [0, 0.05) is 18.8 Å². The molecular weight excluding hydrogens is 311 g/mol. The Morgan fingerprint density at radius 3 is 2.50 bits per heavy atom. The third kappa shape index (κ3) is 4.27. The molecule has 22 heavy (non-hydrogen) atoms. The molecule has 1 aromatic carbocycles. The number of amides is 2. The number of carbonyl (C=O) groups excluding carboxylic acids is 2. The van der Waals surface area contributed by atoms with E-state index >= 15 is 0 Å². The van der Waals surface area contributed by atoms with Crippen LogP contribution in [0.15, 0.2) is 24.3 Å². The molecule has 1 atom stereocenters. The summed E-state index contributed by atoms with van der Waals surface area (Å²) in [6.07, 6.45) is 0.00851. The lowest BCUT2D eigenvalue weighted by Gasteiger charge is -2.23. The van der Waals surface area contributed by atoms with E-state index in [1.165, 1.54) is 36.2 Å². The summed E-state index contributed by atoms with van der Waals surface area (Å²) in [4.78, 5) is 25.1. The standard InChI is InChI=1S/C14H17FN2O4S/c1-17(12-6-7-22(20,21)9-12)14(19)8-13(18)16-11-4-2-10(15)3-5-11/h2-5,12H,6-9H2,1H3,(H,16,18). The van der Waals surface area contributed by atoms with Gasteiger partial charge in [-0.05, 0) is 30.7 Å². The highest BCUT2D eigenvalue weighted by Crippen LogP contribution is 2.17. The highest BCUT2D eigenvalue weighted by molar-refractivity contribution is 7.91. The molecule has 1 aliphatic rings. The van der Waals surface area contributed by atoms with Crippen LogP contribution in [0, 0.1) is 5.82 Å².